The van der Waals surface area contributed by atoms with Crippen LogP contribution < -0.4 is 5.32 Å². The van der Waals surface area contributed by atoms with Crippen LogP contribution in [0.1, 0.15) is 53.1 Å². The van der Waals surface area contributed by atoms with Crippen molar-refractivity contribution in [2.75, 3.05) is 19.6 Å². The minimum atomic E-state index is -1.12. The number of aromatic carboxylic acids is 1. The van der Waals surface area contributed by atoms with Crippen LogP contribution in [0.4, 0.5) is 0 Å². The molecule has 2 heterocycles. The average Bonchev–Trinajstić information content (AvgIpc) is 2.85. The number of aliphatic hydroxyl groups is 1. The number of methoxy groups -OCH3 is 1. The summed E-state index contributed by atoms with van der Waals surface area (Å²) in [6.45, 7) is 5.30. The van der Waals surface area contributed by atoms with Crippen LogP contribution in [-0.4, -0.2) is 69.8 Å². The van der Waals surface area contributed by atoms with Crippen LogP contribution in [0.5, 0.6) is 0 Å². The number of carboxylic acids is 1. The lowest BCUT2D eigenvalue weighted by atomic mass is 10.1. The van der Waals surface area contributed by atoms with Crippen molar-refractivity contribution >= 4 is 41.4 Å². The molecule has 0 saturated heterocycles. The first kappa shape index (κ1) is 29.4. The quantitative estimate of drug-likeness (QED) is 0.341. The van der Waals surface area contributed by atoms with Crippen molar-refractivity contribution in [3.05, 3.63) is 47.0 Å². The average molecular weight is 510 g/mol. The molecule has 2 atom stereocenters. The van der Waals surface area contributed by atoms with Gasteiger partial charge in [-0.15, -0.1) is 23.5 Å². The molecule has 0 bridgehead atoms. The Morgan fingerprint density at radius 1 is 0.971 bits per heavy atom. The third-order valence-electron chi connectivity index (χ3n) is 4.64. The van der Waals surface area contributed by atoms with Gasteiger partial charge in [0.15, 0.2) is 11.7 Å². The molecule has 0 fully saturated rings. The number of ether oxygens (including phenoxy) is 1. The van der Waals surface area contributed by atoms with Gasteiger partial charge in [0.1, 0.15) is 5.69 Å². The molecular formula is C23H31N3O6S2. The van der Waals surface area contributed by atoms with Crippen molar-refractivity contribution in [3.8, 4) is 0 Å². The molecule has 9 nitrogen and oxygen atoms in total. The number of rotatable bonds is 9. The predicted octanol–water partition coefficient (Wildman–Crippen LogP) is 3.08. The molecule has 1 amide bonds. The molecule has 0 aliphatic heterocycles. The van der Waals surface area contributed by atoms with E-state index in [1.807, 2.05) is 44.6 Å². The van der Waals surface area contributed by atoms with E-state index in [0.29, 0.717) is 16.2 Å². The summed E-state index contributed by atoms with van der Waals surface area (Å²) in [6, 6.07) is 6.22. The number of nitrogens with one attached hydrogen (secondary N) is 1. The highest BCUT2D eigenvalue weighted by atomic mass is 32.2. The lowest BCUT2D eigenvalue weighted by Crippen LogP contribution is -2.48. The number of nitrogens with zero attached hydrogens (tertiary/aromatic N) is 2. The highest BCUT2D eigenvalue weighted by Crippen LogP contribution is 2.20. The van der Waals surface area contributed by atoms with Crippen molar-refractivity contribution in [1.29, 1.82) is 0 Å². The number of hydrogen-bond donors (Lipinski definition) is 3. The molecule has 0 aliphatic rings. The van der Waals surface area contributed by atoms with Gasteiger partial charge < -0.3 is 20.3 Å². The molecule has 186 valence electrons. The number of thioether (sulfide) groups is 2. The summed E-state index contributed by atoms with van der Waals surface area (Å²) in [7, 11) is 1.20. The fourth-order valence-corrected chi connectivity index (χ4v) is 3.79. The minimum Gasteiger partial charge on any atom is -0.476 e. The Labute approximate surface area is 208 Å². The largest absolute Gasteiger partial charge is 0.476 e. The summed E-state index contributed by atoms with van der Waals surface area (Å²) in [6.07, 6.45) is 4.08. The number of aryl methyl sites for hydroxylation is 2. The van der Waals surface area contributed by atoms with E-state index in [0.717, 1.165) is 17.8 Å². The minimum absolute atomic E-state index is 0.159. The van der Waals surface area contributed by atoms with E-state index in [-0.39, 0.29) is 11.4 Å². The summed E-state index contributed by atoms with van der Waals surface area (Å²) in [5.41, 5.74) is 2.00. The maximum atomic E-state index is 12.3. The number of amides is 1. The van der Waals surface area contributed by atoms with Crippen LogP contribution in [0, 0.1) is 0 Å². The monoisotopic (exact) mass is 509 g/mol. The number of aromatic nitrogens is 2. The van der Waals surface area contributed by atoms with Crippen molar-refractivity contribution in [1.82, 2.24) is 15.3 Å². The molecule has 34 heavy (non-hydrogen) atoms. The normalized spacial score (nSPS) is 12.1. The van der Waals surface area contributed by atoms with Gasteiger partial charge in [0, 0.05) is 21.2 Å². The molecule has 0 saturated carbocycles. The number of pyridine rings is 2. The summed E-state index contributed by atoms with van der Waals surface area (Å²) in [4.78, 5) is 44.4. The molecule has 2 aromatic heterocycles. The van der Waals surface area contributed by atoms with Crippen molar-refractivity contribution < 1.29 is 29.3 Å². The highest BCUT2D eigenvalue weighted by Gasteiger charge is 2.28. The zero-order valence-electron chi connectivity index (χ0n) is 20.1. The van der Waals surface area contributed by atoms with E-state index in [4.69, 9.17) is 5.11 Å². The van der Waals surface area contributed by atoms with Crippen molar-refractivity contribution in [2.24, 2.45) is 0 Å². The van der Waals surface area contributed by atoms with E-state index in [2.05, 4.69) is 20.0 Å². The third-order valence-corrected chi connectivity index (χ3v) is 6.18. The molecule has 0 spiro atoms. The maximum Gasteiger partial charge on any atom is 0.355 e. The van der Waals surface area contributed by atoms with Crippen LogP contribution in [-0.2, 0) is 22.4 Å². The second-order valence-electron chi connectivity index (χ2n) is 6.93. The van der Waals surface area contributed by atoms with E-state index < -0.39 is 30.0 Å². The van der Waals surface area contributed by atoms with E-state index in [1.165, 1.54) is 37.6 Å². The second-order valence-corrected chi connectivity index (χ2v) is 8.63. The van der Waals surface area contributed by atoms with Gasteiger partial charge >= 0.3 is 11.9 Å². The molecule has 2 rings (SSSR count). The van der Waals surface area contributed by atoms with Gasteiger partial charge in [-0.3, -0.25) is 4.79 Å². The molecule has 0 radical (unpaired) electrons. The van der Waals surface area contributed by atoms with Gasteiger partial charge in [0.05, 0.1) is 13.2 Å². The lowest BCUT2D eigenvalue weighted by Gasteiger charge is -2.19. The van der Waals surface area contributed by atoms with Crippen molar-refractivity contribution in [2.45, 2.75) is 55.5 Å². The second kappa shape index (κ2) is 14.6. The first-order valence-corrected chi connectivity index (χ1v) is 13.0. The molecule has 11 heteroatoms. The van der Waals surface area contributed by atoms with Gasteiger partial charge in [0.25, 0.3) is 5.91 Å². The fraction of sp³-hybridized carbons (Fsp3) is 0.435. The number of carbonyl (C=O) groups is 3. The Kier molecular flexibility index (Phi) is 12.6. The van der Waals surface area contributed by atoms with Gasteiger partial charge in [-0.1, -0.05) is 13.8 Å². The Hall–Kier alpha value is -2.63. The van der Waals surface area contributed by atoms with Gasteiger partial charge in [-0.25, -0.2) is 19.6 Å². The van der Waals surface area contributed by atoms with Crippen LogP contribution in [0.2, 0.25) is 0 Å². The van der Waals surface area contributed by atoms with Crippen LogP contribution in [0.15, 0.2) is 34.1 Å². The Morgan fingerprint density at radius 3 is 1.82 bits per heavy atom. The smallest absolute Gasteiger partial charge is 0.355 e. The molecule has 2 aromatic rings. The fourth-order valence-electron chi connectivity index (χ4n) is 2.73. The highest BCUT2D eigenvalue weighted by molar-refractivity contribution is 7.98. The number of aliphatic hydroxyl groups excluding tert-OH is 1. The zero-order chi connectivity index (χ0) is 25.8. The molecule has 2 unspecified atom stereocenters. The summed E-state index contributed by atoms with van der Waals surface area (Å²) in [5.74, 6) is -2.17. The molecular weight excluding hydrogens is 478 g/mol. The van der Waals surface area contributed by atoms with E-state index in [9.17, 15) is 19.5 Å². The lowest BCUT2D eigenvalue weighted by molar-refractivity contribution is -0.145. The molecule has 0 aromatic carbocycles. The molecule has 0 aliphatic carbocycles. The van der Waals surface area contributed by atoms with Crippen LogP contribution in [0.3, 0.4) is 0 Å². The maximum absolute atomic E-state index is 12.3. The van der Waals surface area contributed by atoms with Gasteiger partial charge in [-0.05, 0) is 56.5 Å². The van der Waals surface area contributed by atoms with Gasteiger partial charge in [-0.2, -0.15) is 0 Å². The topological polar surface area (TPSA) is 139 Å². The number of carboxylic acid groups (broad SMARTS) is 1. The van der Waals surface area contributed by atoms with Crippen molar-refractivity contribution in [3.63, 3.8) is 0 Å². The number of esters is 1. The summed E-state index contributed by atoms with van der Waals surface area (Å²) < 4.78 is 4.57. The SMILES string of the molecule is CCc1ccc(SC)c(C(=O)NC(C(=O)OC)C(C)O)n1.CCc1ccc(SC)c(C(=O)O)n1. The van der Waals surface area contributed by atoms with E-state index >= 15 is 0 Å². The Bertz CT molecular complexity index is 1000. The zero-order valence-corrected chi connectivity index (χ0v) is 21.7. The number of carbonyl (C=O) groups excluding carboxylic acids is 2. The predicted molar refractivity (Wildman–Crippen MR) is 133 cm³/mol. The summed E-state index contributed by atoms with van der Waals surface area (Å²) in [5, 5.41) is 20.9. The first-order chi connectivity index (χ1) is 16.1. The van der Waals surface area contributed by atoms with Gasteiger partial charge in [0.2, 0.25) is 0 Å². The third kappa shape index (κ3) is 8.30. The van der Waals surface area contributed by atoms with Crippen LogP contribution >= 0.6 is 23.5 Å². The first-order valence-electron chi connectivity index (χ1n) is 10.5. The summed E-state index contributed by atoms with van der Waals surface area (Å²) >= 11 is 2.79. The van der Waals surface area contributed by atoms with E-state index in [1.54, 1.807) is 6.07 Å². The van der Waals surface area contributed by atoms with Crippen LogP contribution in [0.25, 0.3) is 0 Å². The number of hydrogen-bond acceptors (Lipinski definition) is 9. The Morgan fingerprint density at radius 2 is 1.44 bits per heavy atom. The molecule has 3 N–H and O–H groups in total. The Balaban J connectivity index is 0.000000380. The standard InChI is InChI=1S/C14H20N2O4S.C9H11NO2S/c1-5-9-6-7-10(21-4)12(15-9)13(18)16-11(8(2)17)14(19)20-3;1-3-6-4-5-7(13-2)8(10-6)9(11)12/h6-8,11,17H,5H2,1-4H3,(H,16,18);4-5H,3H2,1-2H3,(H,11,12).